The Balaban J connectivity index is 1.56. The zero-order chi connectivity index (χ0) is 19.7. The van der Waals surface area contributed by atoms with E-state index in [1.165, 1.54) is 44.1 Å². The summed E-state index contributed by atoms with van der Waals surface area (Å²) < 4.78 is 6.49. The van der Waals surface area contributed by atoms with Crippen molar-refractivity contribution < 1.29 is 14.3 Å². The van der Waals surface area contributed by atoms with E-state index in [4.69, 9.17) is 4.74 Å². The Hall–Kier alpha value is -0.610. The van der Waals surface area contributed by atoms with Gasteiger partial charge in [-0.2, -0.15) is 0 Å². The first-order valence-corrected chi connectivity index (χ1v) is 12.2. The van der Waals surface area contributed by atoms with Crippen LogP contribution >= 0.6 is 11.8 Å². The van der Waals surface area contributed by atoms with Crippen LogP contribution in [0.5, 0.6) is 0 Å². The molecule has 4 fully saturated rings. The molecular weight excluding hydrogens is 368 g/mol. The Morgan fingerprint density at radius 1 is 1.14 bits per heavy atom. The van der Waals surface area contributed by atoms with Crippen molar-refractivity contribution >= 4 is 22.7 Å². The number of hydrogen-bond acceptors (Lipinski definition) is 4. The topological polar surface area (TPSA) is 43.4 Å². The summed E-state index contributed by atoms with van der Waals surface area (Å²) in [6, 6.07) is 0. The van der Waals surface area contributed by atoms with Gasteiger partial charge in [-0.1, -0.05) is 31.2 Å². The third-order valence-corrected chi connectivity index (χ3v) is 10.8. The molecule has 3 saturated carbocycles. The molecule has 4 heteroatoms. The maximum Gasteiger partial charge on any atom is 0.186 e. The molecule has 0 aromatic rings. The predicted molar refractivity (Wildman–Crippen MR) is 112 cm³/mol. The first-order chi connectivity index (χ1) is 13.3. The lowest BCUT2D eigenvalue weighted by atomic mass is 9.46. The second kappa shape index (κ2) is 6.44. The number of carbonyl (C=O) groups is 2. The number of carbonyl (C=O) groups excluding carboxylic acids is 2. The molecular formula is C24H34O3S. The van der Waals surface area contributed by atoms with Gasteiger partial charge < -0.3 is 4.74 Å². The summed E-state index contributed by atoms with van der Waals surface area (Å²) in [6.07, 6.45) is 11.9. The zero-order valence-electron chi connectivity index (χ0n) is 17.6. The highest BCUT2D eigenvalue weighted by atomic mass is 32.2. The second-order valence-electron chi connectivity index (χ2n) is 10.6. The van der Waals surface area contributed by atoms with Crippen molar-refractivity contribution in [1.82, 2.24) is 0 Å². The second-order valence-corrected chi connectivity index (χ2v) is 12.1. The van der Waals surface area contributed by atoms with Crippen LogP contribution in [-0.2, 0) is 14.3 Å². The number of fused-ring (bicyclic) bond motifs is 6. The number of ether oxygens (including phenoxy) is 1. The van der Waals surface area contributed by atoms with E-state index in [0.717, 1.165) is 19.4 Å². The van der Waals surface area contributed by atoms with Crippen molar-refractivity contribution in [2.75, 3.05) is 6.61 Å². The molecule has 0 N–H and O–H groups in total. The molecule has 5 aliphatic rings. The molecule has 28 heavy (non-hydrogen) atoms. The van der Waals surface area contributed by atoms with Crippen molar-refractivity contribution in [3.8, 4) is 0 Å². The molecule has 2 unspecified atom stereocenters. The number of thioether (sulfide) groups is 1. The minimum atomic E-state index is 0.0909. The van der Waals surface area contributed by atoms with Crippen LogP contribution in [0.3, 0.4) is 0 Å². The SMILES string of the molecule is CC(=O)SC1CC2=CC(=O)CC[C@]2(C)[C@@H]2CC[C@@]3(C)[C@@H](CCC34CCCO4)[C@H]12. The quantitative estimate of drug-likeness (QED) is 0.595. The summed E-state index contributed by atoms with van der Waals surface area (Å²) in [7, 11) is 0. The van der Waals surface area contributed by atoms with E-state index in [-0.39, 0.29) is 27.3 Å². The molecule has 7 atom stereocenters. The Kier molecular flexibility index (Phi) is 4.45. The number of ketones is 1. The Morgan fingerprint density at radius 3 is 2.64 bits per heavy atom. The Morgan fingerprint density at radius 2 is 1.93 bits per heavy atom. The van der Waals surface area contributed by atoms with Crippen LogP contribution in [0.4, 0.5) is 0 Å². The summed E-state index contributed by atoms with van der Waals surface area (Å²) in [4.78, 5) is 24.4. The van der Waals surface area contributed by atoms with Gasteiger partial charge in [-0.3, -0.25) is 9.59 Å². The fourth-order valence-electron chi connectivity index (χ4n) is 8.27. The van der Waals surface area contributed by atoms with Crippen LogP contribution in [0.25, 0.3) is 0 Å². The first-order valence-electron chi connectivity index (χ1n) is 11.3. The summed E-state index contributed by atoms with van der Waals surface area (Å²) in [5, 5.41) is 0.557. The molecule has 154 valence electrons. The van der Waals surface area contributed by atoms with Crippen molar-refractivity contribution in [3.63, 3.8) is 0 Å². The molecule has 4 aliphatic carbocycles. The van der Waals surface area contributed by atoms with Gasteiger partial charge in [0.2, 0.25) is 0 Å². The fourth-order valence-corrected chi connectivity index (χ4v) is 9.50. The van der Waals surface area contributed by atoms with Crippen molar-refractivity contribution in [2.24, 2.45) is 28.6 Å². The van der Waals surface area contributed by atoms with E-state index in [0.29, 0.717) is 29.4 Å². The van der Waals surface area contributed by atoms with Gasteiger partial charge in [-0.25, -0.2) is 0 Å². The Labute approximate surface area is 173 Å². The molecule has 1 aliphatic heterocycles. The van der Waals surface area contributed by atoms with Crippen molar-refractivity contribution in [3.05, 3.63) is 11.6 Å². The number of allylic oxidation sites excluding steroid dienone is 1. The third-order valence-electron chi connectivity index (χ3n) is 9.67. The maximum absolute atomic E-state index is 12.2. The first kappa shape index (κ1) is 19.4. The Bertz CT molecular complexity index is 736. The van der Waals surface area contributed by atoms with E-state index in [1.54, 1.807) is 18.7 Å². The van der Waals surface area contributed by atoms with Gasteiger partial charge >= 0.3 is 0 Å². The fraction of sp³-hybridized carbons (Fsp3) is 0.833. The largest absolute Gasteiger partial charge is 0.374 e. The molecule has 0 radical (unpaired) electrons. The molecule has 0 aromatic heterocycles. The van der Waals surface area contributed by atoms with Crippen LogP contribution in [0, 0.1) is 28.6 Å². The zero-order valence-corrected chi connectivity index (χ0v) is 18.4. The molecule has 1 heterocycles. The van der Waals surface area contributed by atoms with Gasteiger partial charge in [0.25, 0.3) is 0 Å². The van der Waals surface area contributed by atoms with Crippen molar-refractivity contribution in [2.45, 2.75) is 89.4 Å². The lowest BCUT2D eigenvalue weighted by Gasteiger charge is -2.61. The van der Waals surface area contributed by atoms with Gasteiger partial charge in [-0.05, 0) is 86.0 Å². The smallest absolute Gasteiger partial charge is 0.186 e. The molecule has 1 spiro atoms. The summed E-state index contributed by atoms with van der Waals surface area (Å²) >= 11 is 1.56. The lowest BCUT2D eigenvalue weighted by molar-refractivity contribution is -0.135. The van der Waals surface area contributed by atoms with Crippen LogP contribution in [0.1, 0.15) is 78.6 Å². The van der Waals surface area contributed by atoms with Gasteiger partial charge in [-0.15, -0.1) is 0 Å². The predicted octanol–water partition coefficient (Wildman–Crippen LogP) is 5.33. The molecule has 0 amide bonds. The number of rotatable bonds is 1. The van der Waals surface area contributed by atoms with Crippen LogP contribution in [0.2, 0.25) is 0 Å². The van der Waals surface area contributed by atoms with Crippen LogP contribution in [-0.4, -0.2) is 28.4 Å². The van der Waals surface area contributed by atoms with Gasteiger partial charge in [0.1, 0.15) is 0 Å². The molecule has 0 aromatic carbocycles. The van der Waals surface area contributed by atoms with E-state index < -0.39 is 0 Å². The minimum absolute atomic E-state index is 0.0909. The van der Waals surface area contributed by atoms with Gasteiger partial charge in [0.15, 0.2) is 10.9 Å². The minimum Gasteiger partial charge on any atom is -0.374 e. The summed E-state index contributed by atoms with van der Waals surface area (Å²) in [5.41, 5.74) is 1.84. The van der Waals surface area contributed by atoms with E-state index in [1.807, 2.05) is 6.08 Å². The lowest BCUT2D eigenvalue weighted by Crippen LogP contribution is -2.57. The summed E-state index contributed by atoms with van der Waals surface area (Å²) in [5.74, 6) is 2.12. The van der Waals surface area contributed by atoms with E-state index >= 15 is 0 Å². The molecule has 0 bridgehead atoms. The number of hydrogen-bond donors (Lipinski definition) is 0. The van der Waals surface area contributed by atoms with Gasteiger partial charge in [0, 0.05) is 25.2 Å². The maximum atomic E-state index is 12.2. The van der Waals surface area contributed by atoms with Crippen molar-refractivity contribution in [1.29, 1.82) is 0 Å². The average molecular weight is 403 g/mol. The molecule has 1 saturated heterocycles. The van der Waals surface area contributed by atoms with Crippen LogP contribution < -0.4 is 0 Å². The third kappa shape index (κ3) is 2.52. The standard InChI is InChI=1S/C24H34O3S/c1-15(25)28-20-14-16-13-17(26)5-9-22(16,2)18-6-10-23(3)19(21(18)20)7-11-24(23)8-4-12-27-24/h13,18-21H,4-12,14H2,1-3H3/t18-,19+,20?,21-,22+,23+,24?/m1/s1. The van der Waals surface area contributed by atoms with E-state index in [2.05, 4.69) is 13.8 Å². The van der Waals surface area contributed by atoms with Crippen LogP contribution in [0.15, 0.2) is 11.6 Å². The highest BCUT2D eigenvalue weighted by Gasteiger charge is 2.67. The highest BCUT2D eigenvalue weighted by Crippen LogP contribution is 2.70. The normalized spacial score (nSPS) is 50.1. The monoisotopic (exact) mass is 402 g/mol. The van der Waals surface area contributed by atoms with E-state index in [9.17, 15) is 9.59 Å². The molecule has 3 nitrogen and oxygen atoms in total. The highest BCUT2D eigenvalue weighted by molar-refractivity contribution is 8.14. The average Bonchev–Trinajstić information content (AvgIpc) is 3.23. The summed E-state index contributed by atoms with van der Waals surface area (Å²) in [6.45, 7) is 7.58. The van der Waals surface area contributed by atoms with Gasteiger partial charge in [0.05, 0.1) is 5.60 Å². The molecule has 5 rings (SSSR count).